The molecule has 1 amide bonds. The highest BCUT2D eigenvalue weighted by atomic mass is 16.2. The molecule has 1 N–H and O–H groups in total. The van der Waals surface area contributed by atoms with E-state index >= 15 is 0 Å². The molecule has 3 heteroatoms. The summed E-state index contributed by atoms with van der Waals surface area (Å²) < 4.78 is 0. The van der Waals surface area contributed by atoms with E-state index in [9.17, 15) is 4.79 Å². The van der Waals surface area contributed by atoms with E-state index in [0.717, 1.165) is 44.9 Å². The Hall–Kier alpha value is -1.35. The highest BCUT2D eigenvalue weighted by molar-refractivity contribution is 5.80. The van der Waals surface area contributed by atoms with E-state index in [0.29, 0.717) is 11.8 Å². The summed E-state index contributed by atoms with van der Waals surface area (Å²) in [5, 5.41) is 3.40. The van der Waals surface area contributed by atoms with Gasteiger partial charge in [0.2, 0.25) is 5.91 Å². The summed E-state index contributed by atoms with van der Waals surface area (Å²) in [6, 6.07) is 10.5. The van der Waals surface area contributed by atoms with E-state index in [1.807, 2.05) is 6.07 Å². The number of nitrogens with one attached hydrogen (secondary N) is 1. The van der Waals surface area contributed by atoms with Crippen molar-refractivity contribution in [3.8, 4) is 0 Å². The van der Waals surface area contributed by atoms with E-state index in [4.69, 9.17) is 0 Å². The molecule has 0 bridgehead atoms. The Labute approximate surface area is 121 Å². The summed E-state index contributed by atoms with van der Waals surface area (Å²) in [6.45, 7) is 5.91. The Morgan fingerprint density at radius 1 is 1.15 bits per heavy atom. The zero-order valence-corrected chi connectivity index (χ0v) is 12.2. The van der Waals surface area contributed by atoms with E-state index in [-0.39, 0.29) is 5.92 Å². The number of rotatable bonds is 2. The molecule has 2 atom stereocenters. The van der Waals surface area contributed by atoms with Gasteiger partial charge in [0.1, 0.15) is 0 Å². The Bertz CT molecular complexity index is 451. The van der Waals surface area contributed by atoms with Crippen LogP contribution < -0.4 is 5.32 Å². The van der Waals surface area contributed by atoms with Crippen LogP contribution in [0.1, 0.15) is 31.2 Å². The summed E-state index contributed by atoms with van der Waals surface area (Å²) in [6.07, 6.45) is 2.31. The lowest BCUT2D eigenvalue weighted by Crippen LogP contribution is -2.43. The Balaban J connectivity index is 1.70. The average molecular weight is 272 g/mol. The number of likely N-dealkylation sites (tertiary alicyclic amines) is 1. The molecule has 0 aromatic heterocycles. The number of hydrogen-bond acceptors (Lipinski definition) is 2. The molecule has 1 aromatic carbocycles. The first-order valence-electron chi connectivity index (χ1n) is 7.80. The van der Waals surface area contributed by atoms with Gasteiger partial charge in [-0.2, -0.15) is 0 Å². The molecule has 0 aliphatic carbocycles. The Kier molecular flexibility index (Phi) is 4.06. The molecule has 3 nitrogen and oxygen atoms in total. The maximum atomic E-state index is 12.8. The first kappa shape index (κ1) is 13.6. The molecular weight excluding hydrogens is 248 g/mol. The number of carbonyl (C=O) groups excluding carboxylic acids is 1. The predicted molar refractivity (Wildman–Crippen MR) is 80.5 cm³/mol. The van der Waals surface area contributed by atoms with Gasteiger partial charge in [0.25, 0.3) is 0 Å². The van der Waals surface area contributed by atoms with Crippen molar-refractivity contribution in [1.29, 1.82) is 0 Å². The van der Waals surface area contributed by atoms with Crippen LogP contribution in [0.15, 0.2) is 30.3 Å². The summed E-state index contributed by atoms with van der Waals surface area (Å²) >= 11 is 0. The quantitative estimate of drug-likeness (QED) is 0.895. The summed E-state index contributed by atoms with van der Waals surface area (Å²) in [7, 11) is 0. The van der Waals surface area contributed by atoms with Gasteiger partial charge >= 0.3 is 0 Å². The van der Waals surface area contributed by atoms with Crippen molar-refractivity contribution in [2.45, 2.75) is 25.7 Å². The zero-order chi connectivity index (χ0) is 13.9. The van der Waals surface area contributed by atoms with Crippen molar-refractivity contribution in [2.24, 2.45) is 11.8 Å². The van der Waals surface area contributed by atoms with E-state index in [1.54, 1.807) is 0 Å². The lowest BCUT2D eigenvalue weighted by molar-refractivity contribution is -0.136. The molecule has 2 fully saturated rings. The monoisotopic (exact) mass is 272 g/mol. The van der Waals surface area contributed by atoms with Crippen LogP contribution in [-0.2, 0) is 4.79 Å². The second kappa shape index (κ2) is 5.96. The van der Waals surface area contributed by atoms with Crippen molar-refractivity contribution in [3.63, 3.8) is 0 Å². The minimum atomic E-state index is 0.116. The molecule has 1 aromatic rings. The van der Waals surface area contributed by atoms with Gasteiger partial charge in [0, 0.05) is 32.1 Å². The highest BCUT2D eigenvalue weighted by Gasteiger charge is 2.36. The Morgan fingerprint density at radius 3 is 2.55 bits per heavy atom. The van der Waals surface area contributed by atoms with E-state index < -0.39 is 0 Å². The van der Waals surface area contributed by atoms with Crippen molar-refractivity contribution < 1.29 is 4.79 Å². The minimum Gasteiger partial charge on any atom is -0.342 e. The second-order valence-electron chi connectivity index (χ2n) is 6.29. The molecular formula is C17H24N2O. The van der Waals surface area contributed by atoms with Crippen molar-refractivity contribution in [1.82, 2.24) is 10.2 Å². The Morgan fingerprint density at radius 2 is 1.85 bits per heavy atom. The van der Waals surface area contributed by atoms with Crippen LogP contribution in [0.2, 0.25) is 0 Å². The zero-order valence-electron chi connectivity index (χ0n) is 12.2. The van der Waals surface area contributed by atoms with Crippen LogP contribution in [0, 0.1) is 11.8 Å². The average Bonchev–Trinajstić information content (AvgIpc) is 2.97. The number of amides is 1. The van der Waals surface area contributed by atoms with Gasteiger partial charge in [-0.3, -0.25) is 4.79 Å². The van der Waals surface area contributed by atoms with Gasteiger partial charge in [-0.25, -0.2) is 0 Å². The van der Waals surface area contributed by atoms with E-state index in [1.165, 1.54) is 5.56 Å². The molecule has 2 unspecified atom stereocenters. The van der Waals surface area contributed by atoms with Crippen LogP contribution in [0.5, 0.6) is 0 Å². The van der Waals surface area contributed by atoms with Gasteiger partial charge in [-0.15, -0.1) is 0 Å². The van der Waals surface area contributed by atoms with Gasteiger partial charge < -0.3 is 10.2 Å². The second-order valence-corrected chi connectivity index (χ2v) is 6.29. The lowest BCUT2D eigenvalue weighted by Gasteiger charge is -2.33. The molecule has 2 heterocycles. The fraction of sp³-hybridized carbons (Fsp3) is 0.588. The fourth-order valence-corrected chi connectivity index (χ4v) is 3.45. The molecule has 2 aliphatic heterocycles. The van der Waals surface area contributed by atoms with Crippen molar-refractivity contribution in [3.05, 3.63) is 35.9 Å². The van der Waals surface area contributed by atoms with Gasteiger partial charge in [-0.1, -0.05) is 37.3 Å². The van der Waals surface area contributed by atoms with Gasteiger partial charge in [0.05, 0.1) is 5.92 Å². The fourth-order valence-electron chi connectivity index (χ4n) is 3.45. The van der Waals surface area contributed by atoms with Crippen LogP contribution in [0.3, 0.4) is 0 Å². The number of benzene rings is 1. The molecule has 0 saturated carbocycles. The molecule has 3 rings (SSSR count). The highest BCUT2D eigenvalue weighted by Crippen LogP contribution is 2.30. The predicted octanol–water partition coefficient (Wildman–Crippen LogP) is 2.25. The first-order valence-corrected chi connectivity index (χ1v) is 7.80. The number of nitrogens with zero attached hydrogens (tertiary/aromatic N) is 1. The van der Waals surface area contributed by atoms with Crippen molar-refractivity contribution in [2.75, 3.05) is 26.2 Å². The maximum Gasteiger partial charge on any atom is 0.227 e. The normalized spacial score (nSPS) is 27.8. The molecule has 108 valence electrons. The first-order chi connectivity index (χ1) is 9.75. The lowest BCUT2D eigenvalue weighted by atomic mass is 9.87. The van der Waals surface area contributed by atoms with Crippen LogP contribution in [-0.4, -0.2) is 37.0 Å². The van der Waals surface area contributed by atoms with Gasteiger partial charge in [0.15, 0.2) is 0 Å². The molecule has 0 radical (unpaired) electrons. The number of carbonyl (C=O) groups is 1. The van der Waals surface area contributed by atoms with Gasteiger partial charge in [-0.05, 0) is 24.3 Å². The third-order valence-electron chi connectivity index (χ3n) is 4.85. The number of hydrogen-bond donors (Lipinski definition) is 1. The molecule has 2 saturated heterocycles. The number of piperidine rings is 1. The summed E-state index contributed by atoms with van der Waals surface area (Å²) in [5.41, 5.74) is 1.29. The largest absolute Gasteiger partial charge is 0.342 e. The summed E-state index contributed by atoms with van der Waals surface area (Å²) in [4.78, 5) is 14.9. The third-order valence-corrected chi connectivity index (χ3v) is 4.85. The SMILES string of the molecule is CC1CCN(C(=O)C2CNCC2c2ccccc2)CC1. The standard InChI is InChI=1S/C17H24N2O/c1-13-7-9-19(10-8-13)17(20)16-12-18-11-15(16)14-5-3-2-4-6-14/h2-6,13,15-16,18H,7-12H2,1H3. The molecule has 0 spiro atoms. The third kappa shape index (κ3) is 2.73. The minimum absolute atomic E-state index is 0.116. The maximum absolute atomic E-state index is 12.8. The topological polar surface area (TPSA) is 32.3 Å². The van der Waals surface area contributed by atoms with Crippen molar-refractivity contribution >= 4 is 5.91 Å². The van der Waals surface area contributed by atoms with Crippen LogP contribution in [0.4, 0.5) is 0 Å². The smallest absolute Gasteiger partial charge is 0.227 e. The van der Waals surface area contributed by atoms with Crippen LogP contribution >= 0.6 is 0 Å². The summed E-state index contributed by atoms with van der Waals surface area (Å²) in [5.74, 6) is 1.58. The molecule has 2 aliphatic rings. The molecule has 20 heavy (non-hydrogen) atoms. The van der Waals surface area contributed by atoms with Crippen LogP contribution in [0.25, 0.3) is 0 Å². The van der Waals surface area contributed by atoms with E-state index in [2.05, 4.69) is 41.4 Å².